The number of nitrogens with two attached hydrogens (primary N) is 1. The molecule has 0 saturated heterocycles. The lowest BCUT2D eigenvalue weighted by Crippen LogP contribution is -2.08. The number of esters is 1. The molecule has 0 atom stereocenters. The van der Waals surface area contributed by atoms with Crippen LogP contribution in [0.2, 0.25) is 0 Å². The van der Waals surface area contributed by atoms with Gasteiger partial charge in [0.15, 0.2) is 5.69 Å². The second-order valence-corrected chi connectivity index (χ2v) is 4.91. The summed E-state index contributed by atoms with van der Waals surface area (Å²) in [6, 6.07) is 7.25. The molecule has 2 rings (SSSR count). The van der Waals surface area contributed by atoms with Gasteiger partial charge in [-0.3, -0.25) is 4.57 Å². The number of halogens is 1. The number of nitrogen functional groups attached to an aromatic ring is 1. The molecule has 1 heterocycles. The lowest BCUT2D eigenvalue weighted by molar-refractivity contribution is 0.0596. The van der Waals surface area contributed by atoms with Crippen molar-refractivity contribution in [1.82, 2.24) is 9.55 Å². The van der Waals surface area contributed by atoms with Gasteiger partial charge in [-0.1, -0.05) is 15.9 Å². The second-order valence-electron chi connectivity index (χ2n) is 3.99. The van der Waals surface area contributed by atoms with Crippen LogP contribution in [0.25, 0.3) is 5.69 Å². The van der Waals surface area contributed by atoms with E-state index in [4.69, 9.17) is 5.73 Å². The van der Waals surface area contributed by atoms with Gasteiger partial charge in [0.25, 0.3) is 0 Å². The summed E-state index contributed by atoms with van der Waals surface area (Å²) in [7, 11) is 1.26. The van der Waals surface area contributed by atoms with Crippen molar-refractivity contribution in [2.75, 3.05) is 12.8 Å². The van der Waals surface area contributed by atoms with Crippen LogP contribution in [0.15, 0.2) is 22.7 Å². The number of carbonyl (C=O) groups is 1. The molecular weight excluding hydrogens is 324 g/mol. The SMILES string of the molecule is COC(=O)c1nc(C)n(-c2cc(Br)ccc2C#N)c1N. The number of aryl methyl sites for hydroxylation is 1. The zero-order valence-corrected chi connectivity index (χ0v) is 12.4. The largest absolute Gasteiger partial charge is 0.464 e. The van der Waals surface area contributed by atoms with Crippen molar-refractivity contribution in [2.45, 2.75) is 6.92 Å². The van der Waals surface area contributed by atoms with Gasteiger partial charge in [-0.05, 0) is 25.1 Å². The maximum Gasteiger partial charge on any atom is 0.360 e. The van der Waals surface area contributed by atoms with Gasteiger partial charge in [-0.25, -0.2) is 9.78 Å². The van der Waals surface area contributed by atoms with Crippen molar-refractivity contribution in [3.05, 3.63) is 39.8 Å². The van der Waals surface area contributed by atoms with E-state index in [1.807, 2.05) is 0 Å². The molecule has 1 aromatic heterocycles. The lowest BCUT2D eigenvalue weighted by atomic mass is 10.2. The van der Waals surface area contributed by atoms with E-state index in [-0.39, 0.29) is 11.5 Å². The third kappa shape index (κ3) is 2.26. The van der Waals surface area contributed by atoms with Crippen molar-refractivity contribution in [3.63, 3.8) is 0 Å². The average molecular weight is 335 g/mol. The molecule has 20 heavy (non-hydrogen) atoms. The molecule has 0 aliphatic heterocycles. The summed E-state index contributed by atoms with van der Waals surface area (Å²) in [5.41, 5.74) is 6.98. The topological polar surface area (TPSA) is 93.9 Å². The first kappa shape index (κ1) is 14.1. The summed E-state index contributed by atoms with van der Waals surface area (Å²) < 4.78 is 6.97. The summed E-state index contributed by atoms with van der Waals surface area (Å²) >= 11 is 3.35. The van der Waals surface area contributed by atoms with Crippen LogP contribution in [-0.2, 0) is 4.74 Å². The Kier molecular flexibility index (Phi) is 3.77. The van der Waals surface area contributed by atoms with Crippen molar-refractivity contribution < 1.29 is 9.53 Å². The van der Waals surface area contributed by atoms with Crippen LogP contribution in [0.5, 0.6) is 0 Å². The number of imidazole rings is 1. The first-order chi connectivity index (χ1) is 9.49. The second kappa shape index (κ2) is 5.35. The molecule has 1 aromatic carbocycles. The third-order valence-electron chi connectivity index (χ3n) is 2.78. The van der Waals surface area contributed by atoms with Crippen LogP contribution in [0.4, 0.5) is 5.82 Å². The quantitative estimate of drug-likeness (QED) is 0.849. The Morgan fingerprint density at radius 2 is 2.25 bits per heavy atom. The molecule has 7 heteroatoms. The van der Waals surface area contributed by atoms with Crippen molar-refractivity contribution in [1.29, 1.82) is 5.26 Å². The van der Waals surface area contributed by atoms with Crippen LogP contribution < -0.4 is 5.73 Å². The molecule has 0 amide bonds. The summed E-state index contributed by atoms with van der Waals surface area (Å²) in [6.45, 7) is 1.70. The van der Waals surface area contributed by atoms with Gasteiger partial charge in [0.2, 0.25) is 0 Å². The third-order valence-corrected chi connectivity index (χ3v) is 3.27. The van der Waals surface area contributed by atoms with Crippen molar-refractivity contribution in [2.24, 2.45) is 0 Å². The maximum absolute atomic E-state index is 11.6. The minimum atomic E-state index is -0.613. The molecule has 0 bridgehead atoms. The van der Waals surface area contributed by atoms with Crippen LogP contribution >= 0.6 is 15.9 Å². The van der Waals surface area contributed by atoms with Crippen LogP contribution in [0.3, 0.4) is 0 Å². The molecule has 6 nitrogen and oxygen atoms in total. The molecular formula is C13H11BrN4O2. The predicted molar refractivity (Wildman–Crippen MR) is 76.5 cm³/mol. The Labute approximate surface area is 123 Å². The van der Waals surface area contributed by atoms with E-state index in [9.17, 15) is 10.1 Å². The van der Waals surface area contributed by atoms with Gasteiger partial charge in [0, 0.05) is 4.47 Å². The number of ether oxygens (including phenoxy) is 1. The van der Waals surface area contributed by atoms with E-state index in [1.54, 1.807) is 29.7 Å². The standard InChI is InChI=1S/C13H11BrN4O2/c1-7-17-11(13(19)20-2)12(16)18(7)10-5-9(14)4-3-8(10)6-15/h3-5H,16H2,1-2H3. The highest BCUT2D eigenvalue weighted by molar-refractivity contribution is 9.10. The molecule has 0 unspecified atom stereocenters. The summed E-state index contributed by atoms with van der Waals surface area (Å²) in [6.07, 6.45) is 0. The monoisotopic (exact) mass is 334 g/mol. The number of nitriles is 1. The summed E-state index contributed by atoms with van der Waals surface area (Å²) in [5.74, 6) is 0.0271. The number of hydrogen-bond donors (Lipinski definition) is 1. The predicted octanol–water partition coefficient (Wildman–Crippen LogP) is 2.18. The zero-order valence-electron chi connectivity index (χ0n) is 10.8. The Balaban J connectivity index is 2.71. The molecule has 0 fully saturated rings. The van der Waals surface area contributed by atoms with E-state index in [2.05, 4.69) is 31.7 Å². The first-order valence-electron chi connectivity index (χ1n) is 5.62. The zero-order chi connectivity index (χ0) is 14.9. The molecule has 0 spiro atoms. The molecule has 0 radical (unpaired) electrons. The number of aromatic nitrogens is 2. The number of hydrogen-bond acceptors (Lipinski definition) is 5. The van der Waals surface area contributed by atoms with Gasteiger partial charge in [-0.15, -0.1) is 0 Å². The molecule has 102 valence electrons. The Hall–Kier alpha value is -2.33. The van der Waals surface area contributed by atoms with E-state index >= 15 is 0 Å². The van der Waals surface area contributed by atoms with Crippen molar-refractivity contribution in [3.8, 4) is 11.8 Å². The summed E-state index contributed by atoms with van der Waals surface area (Å²) in [5, 5.41) is 9.18. The van der Waals surface area contributed by atoms with E-state index in [0.717, 1.165) is 4.47 Å². The Bertz CT molecular complexity index is 731. The minimum absolute atomic E-state index is 0.0360. The normalized spacial score (nSPS) is 10.1. The van der Waals surface area contributed by atoms with E-state index in [1.165, 1.54) is 7.11 Å². The fourth-order valence-electron chi connectivity index (χ4n) is 1.88. The lowest BCUT2D eigenvalue weighted by Gasteiger charge is -2.10. The molecule has 0 aliphatic rings. The number of anilines is 1. The summed E-state index contributed by atoms with van der Waals surface area (Å²) in [4.78, 5) is 15.7. The first-order valence-corrected chi connectivity index (χ1v) is 6.42. The highest BCUT2D eigenvalue weighted by Crippen LogP contribution is 2.26. The number of benzene rings is 1. The smallest absolute Gasteiger partial charge is 0.360 e. The minimum Gasteiger partial charge on any atom is -0.464 e. The van der Waals surface area contributed by atoms with Crippen molar-refractivity contribution >= 4 is 27.7 Å². The van der Waals surface area contributed by atoms with Gasteiger partial charge < -0.3 is 10.5 Å². The van der Waals surface area contributed by atoms with Gasteiger partial charge in [0.05, 0.1) is 18.4 Å². The van der Waals surface area contributed by atoms with E-state index in [0.29, 0.717) is 17.1 Å². The fraction of sp³-hybridized carbons (Fsp3) is 0.154. The van der Waals surface area contributed by atoms with Gasteiger partial charge in [0.1, 0.15) is 17.7 Å². The molecule has 2 N–H and O–H groups in total. The molecule has 0 saturated carbocycles. The highest BCUT2D eigenvalue weighted by Gasteiger charge is 2.21. The highest BCUT2D eigenvalue weighted by atomic mass is 79.9. The van der Waals surface area contributed by atoms with Gasteiger partial charge >= 0.3 is 5.97 Å². The van der Waals surface area contributed by atoms with Crippen LogP contribution in [0, 0.1) is 18.3 Å². The van der Waals surface area contributed by atoms with E-state index < -0.39 is 5.97 Å². The fourth-order valence-corrected chi connectivity index (χ4v) is 2.23. The van der Waals surface area contributed by atoms with Crippen LogP contribution in [0.1, 0.15) is 21.9 Å². The van der Waals surface area contributed by atoms with Gasteiger partial charge in [-0.2, -0.15) is 5.26 Å². The Morgan fingerprint density at radius 3 is 2.85 bits per heavy atom. The number of nitrogens with zero attached hydrogens (tertiary/aromatic N) is 3. The maximum atomic E-state index is 11.6. The number of methoxy groups -OCH3 is 1. The average Bonchev–Trinajstić information content (AvgIpc) is 2.73. The molecule has 0 aliphatic carbocycles. The Morgan fingerprint density at radius 1 is 1.55 bits per heavy atom. The van der Waals surface area contributed by atoms with Crippen LogP contribution in [-0.4, -0.2) is 22.6 Å². The molecule has 2 aromatic rings. The number of rotatable bonds is 2. The number of carbonyl (C=O) groups excluding carboxylic acids is 1.